The zero-order chi connectivity index (χ0) is 14.6. The van der Waals surface area contributed by atoms with Gasteiger partial charge in [-0.05, 0) is 38.5 Å². The van der Waals surface area contributed by atoms with Crippen LogP contribution in [0.5, 0.6) is 0 Å². The minimum atomic E-state index is -1.11. The van der Waals surface area contributed by atoms with Gasteiger partial charge in [-0.3, -0.25) is 9.59 Å². The second kappa shape index (κ2) is 6.57. The molecule has 1 rings (SSSR count). The normalized spacial score (nSPS) is 12.3. The molecule has 0 aliphatic carbocycles. The lowest BCUT2D eigenvalue weighted by Crippen LogP contribution is -2.41. The van der Waals surface area contributed by atoms with Gasteiger partial charge in [0, 0.05) is 17.6 Å². The number of halogens is 1. The monoisotopic (exact) mass is 283 g/mol. The molecule has 5 heteroatoms. The number of carboxylic acid groups (broad SMARTS) is 1. The predicted octanol–water partition coefficient (Wildman–Crippen LogP) is 2.80. The molecule has 19 heavy (non-hydrogen) atoms. The third-order valence-corrected chi connectivity index (χ3v) is 3.12. The zero-order valence-electron chi connectivity index (χ0n) is 11.3. The van der Waals surface area contributed by atoms with Crippen molar-refractivity contribution >= 4 is 23.5 Å². The topological polar surface area (TPSA) is 57.6 Å². The number of benzene rings is 1. The largest absolute Gasteiger partial charge is 0.481 e. The van der Waals surface area contributed by atoms with Gasteiger partial charge in [0.2, 0.25) is 5.91 Å². The lowest BCUT2D eigenvalue weighted by Gasteiger charge is -2.28. The predicted molar refractivity (Wildman–Crippen MR) is 73.9 cm³/mol. The van der Waals surface area contributed by atoms with Gasteiger partial charge in [-0.15, -0.1) is 0 Å². The van der Waals surface area contributed by atoms with Crippen molar-refractivity contribution in [2.24, 2.45) is 5.92 Å². The first-order valence-electron chi connectivity index (χ1n) is 6.10. The van der Waals surface area contributed by atoms with E-state index >= 15 is 0 Å². The Balaban J connectivity index is 2.90. The molecule has 0 aliphatic heterocycles. The summed E-state index contributed by atoms with van der Waals surface area (Å²) in [6, 6.07) is 7.12. The van der Waals surface area contributed by atoms with Gasteiger partial charge >= 0.3 is 5.97 Å². The molecule has 0 bridgehead atoms. The fourth-order valence-electron chi connectivity index (χ4n) is 1.70. The number of amides is 1. The van der Waals surface area contributed by atoms with Crippen LogP contribution in [0.3, 0.4) is 0 Å². The molecule has 1 aromatic rings. The third-order valence-electron chi connectivity index (χ3n) is 2.89. The van der Waals surface area contributed by atoms with Crippen LogP contribution < -0.4 is 0 Å². The maximum absolute atomic E-state index is 12.1. The van der Waals surface area contributed by atoms with E-state index in [1.54, 1.807) is 23.1 Å². The highest BCUT2D eigenvalue weighted by atomic mass is 35.5. The average Bonchev–Trinajstić information content (AvgIpc) is 2.33. The highest BCUT2D eigenvalue weighted by molar-refractivity contribution is 6.30. The summed E-state index contributed by atoms with van der Waals surface area (Å²) in [5.41, 5.74) is 0.882. The molecular weight excluding hydrogens is 266 g/mol. The number of carboxylic acids is 1. The van der Waals surface area contributed by atoms with Crippen molar-refractivity contribution in [1.29, 1.82) is 0 Å². The van der Waals surface area contributed by atoms with Crippen molar-refractivity contribution in [3.8, 4) is 0 Å². The van der Waals surface area contributed by atoms with E-state index in [9.17, 15) is 9.59 Å². The molecule has 0 saturated carbocycles. The van der Waals surface area contributed by atoms with E-state index in [2.05, 4.69) is 0 Å². The van der Waals surface area contributed by atoms with Gasteiger partial charge in [-0.25, -0.2) is 0 Å². The number of nitrogens with zero attached hydrogens (tertiary/aromatic N) is 1. The minimum Gasteiger partial charge on any atom is -0.481 e. The first-order chi connectivity index (χ1) is 8.82. The first kappa shape index (κ1) is 15.5. The Morgan fingerprint density at radius 1 is 1.32 bits per heavy atom. The standard InChI is InChI=1S/C14H18ClNO3/c1-9(2)16(13(17)10(3)14(18)19)8-11-5-4-6-12(15)7-11/h4-7,9-10H,8H2,1-3H3,(H,18,19). The van der Waals surface area contributed by atoms with E-state index in [0.717, 1.165) is 5.56 Å². The third kappa shape index (κ3) is 4.24. The minimum absolute atomic E-state index is 0.0757. The molecule has 0 spiro atoms. The molecule has 0 aliphatic rings. The molecule has 0 heterocycles. The van der Waals surface area contributed by atoms with E-state index in [4.69, 9.17) is 16.7 Å². The summed E-state index contributed by atoms with van der Waals surface area (Å²) < 4.78 is 0. The quantitative estimate of drug-likeness (QED) is 0.846. The molecule has 0 radical (unpaired) electrons. The van der Waals surface area contributed by atoms with Crippen molar-refractivity contribution in [3.05, 3.63) is 34.9 Å². The zero-order valence-corrected chi connectivity index (χ0v) is 12.0. The Bertz CT molecular complexity index is 474. The van der Waals surface area contributed by atoms with Crippen molar-refractivity contribution in [3.63, 3.8) is 0 Å². The Morgan fingerprint density at radius 3 is 2.42 bits per heavy atom. The molecule has 104 valence electrons. The van der Waals surface area contributed by atoms with Gasteiger partial charge in [-0.2, -0.15) is 0 Å². The van der Waals surface area contributed by atoms with Crippen molar-refractivity contribution in [2.45, 2.75) is 33.4 Å². The van der Waals surface area contributed by atoms with E-state index in [-0.39, 0.29) is 11.9 Å². The van der Waals surface area contributed by atoms with Crippen molar-refractivity contribution in [1.82, 2.24) is 4.90 Å². The molecule has 1 aromatic carbocycles. The highest BCUT2D eigenvalue weighted by Gasteiger charge is 2.27. The fourth-order valence-corrected chi connectivity index (χ4v) is 1.91. The first-order valence-corrected chi connectivity index (χ1v) is 6.48. The summed E-state index contributed by atoms with van der Waals surface area (Å²) in [7, 11) is 0. The molecule has 4 nitrogen and oxygen atoms in total. The van der Waals surface area contributed by atoms with Crippen LogP contribution in [-0.2, 0) is 16.1 Å². The smallest absolute Gasteiger partial charge is 0.315 e. The Labute approximate surface area is 118 Å². The molecule has 0 fully saturated rings. The summed E-state index contributed by atoms with van der Waals surface area (Å²) in [6.07, 6.45) is 0. The lowest BCUT2D eigenvalue weighted by atomic mass is 10.1. The van der Waals surface area contributed by atoms with Crippen LogP contribution in [0.4, 0.5) is 0 Å². The van der Waals surface area contributed by atoms with Crippen LogP contribution in [-0.4, -0.2) is 27.9 Å². The van der Waals surface area contributed by atoms with Crippen molar-refractivity contribution < 1.29 is 14.7 Å². The number of hydrogen-bond acceptors (Lipinski definition) is 2. The number of hydrogen-bond donors (Lipinski definition) is 1. The van der Waals surface area contributed by atoms with Gasteiger partial charge in [0.1, 0.15) is 5.92 Å². The van der Waals surface area contributed by atoms with Gasteiger partial charge in [0.15, 0.2) is 0 Å². The summed E-state index contributed by atoms with van der Waals surface area (Å²) in [4.78, 5) is 24.6. The van der Waals surface area contributed by atoms with Gasteiger partial charge in [-0.1, -0.05) is 23.7 Å². The average molecular weight is 284 g/mol. The van der Waals surface area contributed by atoms with Gasteiger partial charge in [0.05, 0.1) is 0 Å². The van der Waals surface area contributed by atoms with Crippen LogP contribution in [0.25, 0.3) is 0 Å². The number of carbonyl (C=O) groups is 2. The maximum atomic E-state index is 12.1. The summed E-state index contributed by atoms with van der Waals surface area (Å²) in [6.45, 7) is 5.47. The lowest BCUT2D eigenvalue weighted by molar-refractivity contribution is -0.151. The van der Waals surface area contributed by atoms with Crippen LogP contribution in [0.15, 0.2) is 24.3 Å². The molecule has 1 N–H and O–H groups in total. The number of rotatable bonds is 5. The summed E-state index contributed by atoms with van der Waals surface area (Å²) in [5, 5.41) is 9.52. The van der Waals surface area contributed by atoms with Crippen LogP contribution >= 0.6 is 11.6 Å². The van der Waals surface area contributed by atoms with E-state index in [1.807, 2.05) is 19.9 Å². The number of aliphatic carboxylic acids is 1. The van der Waals surface area contributed by atoms with Crippen LogP contribution in [0.2, 0.25) is 5.02 Å². The van der Waals surface area contributed by atoms with E-state index in [0.29, 0.717) is 11.6 Å². The molecule has 0 saturated heterocycles. The van der Waals surface area contributed by atoms with Gasteiger partial charge in [0.25, 0.3) is 0 Å². The Morgan fingerprint density at radius 2 is 1.95 bits per heavy atom. The summed E-state index contributed by atoms with van der Waals surface area (Å²) >= 11 is 5.90. The van der Waals surface area contributed by atoms with Crippen LogP contribution in [0.1, 0.15) is 26.3 Å². The fraction of sp³-hybridized carbons (Fsp3) is 0.429. The highest BCUT2D eigenvalue weighted by Crippen LogP contribution is 2.16. The second-order valence-corrected chi connectivity index (χ2v) is 5.19. The molecule has 1 unspecified atom stereocenters. The molecular formula is C14H18ClNO3. The van der Waals surface area contributed by atoms with Crippen LogP contribution in [0, 0.1) is 5.92 Å². The van der Waals surface area contributed by atoms with E-state index in [1.165, 1.54) is 6.92 Å². The SMILES string of the molecule is CC(C(=O)O)C(=O)N(Cc1cccc(Cl)c1)C(C)C. The molecule has 1 atom stereocenters. The number of carbonyl (C=O) groups excluding carboxylic acids is 1. The summed E-state index contributed by atoms with van der Waals surface area (Å²) in [5.74, 6) is -2.54. The molecule has 1 amide bonds. The second-order valence-electron chi connectivity index (χ2n) is 4.75. The maximum Gasteiger partial charge on any atom is 0.315 e. The van der Waals surface area contributed by atoms with Crippen molar-refractivity contribution in [2.75, 3.05) is 0 Å². The van der Waals surface area contributed by atoms with Gasteiger partial charge < -0.3 is 10.0 Å². The Hall–Kier alpha value is -1.55. The Kier molecular flexibility index (Phi) is 5.36. The molecule has 0 aromatic heterocycles. The van der Waals surface area contributed by atoms with E-state index < -0.39 is 11.9 Å².